The van der Waals surface area contributed by atoms with Gasteiger partial charge in [-0.2, -0.15) is 11.8 Å². The van der Waals surface area contributed by atoms with Crippen LogP contribution >= 0.6 is 23.1 Å². The number of rotatable bonds is 7. The van der Waals surface area contributed by atoms with E-state index >= 15 is 0 Å². The molecule has 1 N–H and O–H groups in total. The SMILES string of the molecule is CSCC[C@H](O)C(=O)N1CCC(c2nccn2Cc2cscn2)CC1. The van der Waals surface area contributed by atoms with Crippen LogP contribution in [0, 0.1) is 0 Å². The van der Waals surface area contributed by atoms with E-state index in [1.54, 1.807) is 28.0 Å². The third-order valence-electron chi connectivity index (χ3n) is 4.62. The van der Waals surface area contributed by atoms with Gasteiger partial charge >= 0.3 is 0 Å². The van der Waals surface area contributed by atoms with Crippen LogP contribution in [0.4, 0.5) is 0 Å². The summed E-state index contributed by atoms with van der Waals surface area (Å²) >= 11 is 3.25. The van der Waals surface area contributed by atoms with Gasteiger partial charge in [0.1, 0.15) is 11.9 Å². The van der Waals surface area contributed by atoms with E-state index in [9.17, 15) is 9.90 Å². The number of aliphatic hydroxyl groups is 1. The molecule has 0 radical (unpaired) electrons. The summed E-state index contributed by atoms with van der Waals surface area (Å²) in [6.45, 7) is 2.11. The number of nitrogens with zero attached hydrogens (tertiary/aromatic N) is 4. The standard InChI is InChI=1S/C17H24N4O2S2/c1-24-9-4-15(22)17(23)20-6-2-13(3-7-20)16-18-5-8-21(16)10-14-11-25-12-19-14/h5,8,11-13,15,22H,2-4,6-7,9-10H2,1H3/t15-/m0/s1. The third-order valence-corrected chi connectivity index (χ3v) is 5.89. The summed E-state index contributed by atoms with van der Waals surface area (Å²) in [5, 5.41) is 12.1. The Morgan fingerprint density at radius 2 is 2.24 bits per heavy atom. The second kappa shape index (κ2) is 8.82. The number of aliphatic hydroxyl groups excluding tert-OH is 1. The molecule has 0 aromatic carbocycles. The van der Waals surface area contributed by atoms with Crippen molar-refractivity contribution in [3.63, 3.8) is 0 Å². The lowest BCUT2D eigenvalue weighted by molar-refractivity contribution is -0.141. The summed E-state index contributed by atoms with van der Waals surface area (Å²) in [6, 6.07) is 0. The van der Waals surface area contributed by atoms with Gasteiger partial charge in [-0.3, -0.25) is 4.79 Å². The molecular weight excluding hydrogens is 356 g/mol. The molecule has 0 unspecified atom stereocenters. The first-order valence-electron chi connectivity index (χ1n) is 8.53. The van der Waals surface area contributed by atoms with Crippen molar-refractivity contribution in [2.24, 2.45) is 0 Å². The van der Waals surface area contributed by atoms with Crippen LogP contribution in [0.5, 0.6) is 0 Å². The summed E-state index contributed by atoms with van der Waals surface area (Å²) < 4.78 is 2.16. The molecule has 0 saturated carbocycles. The molecule has 1 aliphatic heterocycles. The average Bonchev–Trinajstić information content (AvgIpc) is 3.31. The lowest BCUT2D eigenvalue weighted by Gasteiger charge is -2.33. The smallest absolute Gasteiger partial charge is 0.251 e. The van der Waals surface area contributed by atoms with Crippen LogP contribution in [0.15, 0.2) is 23.3 Å². The molecule has 8 heteroatoms. The summed E-state index contributed by atoms with van der Waals surface area (Å²) in [5.74, 6) is 2.10. The van der Waals surface area contributed by atoms with Crippen molar-refractivity contribution >= 4 is 29.0 Å². The fourth-order valence-corrected chi connectivity index (χ4v) is 4.23. The number of likely N-dealkylation sites (tertiary alicyclic amines) is 1. The minimum atomic E-state index is -0.865. The van der Waals surface area contributed by atoms with Crippen molar-refractivity contribution in [3.05, 3.63) is 34.8 Å². The normalized spacial score (nSPS) is 17.0. The lowest BCUT2D eigenvalue weighted by Crippen LogP contribution is -2.44. The maximum atomic E-state index is 12.3. The van der Waals surface area contributed by atoms with E-state index in [1.807, 2.05) is 24.2 Å². The van der Waals surface area contributed by atoms with E-state index < -0.39 is 6.10 Å². The van der Waals surface area contributed by atoms with Crippen molar-refractivity contribution in [2.45, 2.75) is 37.8 Å². The number of piperidine rings is 1. The molecule has 25 heavy (non-hydrogen) atoms. The Hall–Kier alpha value is -1.38. The number of carbonyl (C=O) groups is 1. The topological polar surface area (TPSA) is 71.2 Å². The molecule has 0 aliphatic carbocycles. The maximum absolute atomic E-state index is 12.3. The summed E-state index contributed by atoms with van der Waals surface area (Å²) in [6.07, 6.45) is 7.25. The van der Waals surface area contributed by atoms with E-state index in [0.29, 0.717) is 25.4 Å². The van der Waals surface area contributed by atoms with Gasteiger partial charge in [-0.15, -0.1) is 11.3 Å². The fourth-order valence-electron chi connectivity index (χ4n) is 3.23. The molecule has 0 spiro atoms. The molecule has 0 bridgehead atoms. The van der Waals surface area contributed by atoms with E-state index in [4.69, 9.17) is 0 Å². The molecule has 1 amide bonds. The van der Waals surface area contributed by atoms with Crippen LogP contribution < -0.4 is 0 Å². The van der Waals surface area contributed by atoms with Gasteiger partial charge in [-0.1, -0.05) is 0 Å². The zero-order valence-electron chi connectivity index (χ0n) is 14.4. The number of amides is 1. The number of aromatic nitrogens is 3. The Kier molecular flexibility index (Phi) is 6.50. The Morgan fingerprint density at radius 3 is 2.92 bits per heavy atom. The van der Waals surface area contributed by atoms with E-state index in [0.717, 1.165) is 36.7 Å². The van der Waals surface area contributed by atoms with Gasteiger partial charge in [0.25, 0.3) is 5.91 Å². The monoisotopic (exact) mass is 380 g/mol. The van der Waals surface area contributed by atoms with Gasteiger partial charge in [0.05, 0.1) is 17.7 Å². The zero-order valence-corrected chi connectivity index (χ0v) is 16.0. The van der Waals surface area contributed by atoms with Crippen molar-refractivity contribution in [3.8, 4) is 0 Å². The van der Waals surface area contributed by atoms with Gasteiger partial charge in [-0.05, 0) is 31.3 Å². The van der Waals surface area contributed by atoms with Crippen LogP contribution in [-0.4, -0.2) is 61.7 Å². The number of carbonyl (C=O) groups excluding carboxylic acids is 1. The quantitative estimate of drug-likeness (QED) is 0.797. The highest BCUT2D eigenvalue weighted by atomic mass is 32.2. The molecule has 1 aliphatic rings. The lowest BCUT2D eigenvalue weighted by atomic mass is 9.95. The number of thiazole rings is 1. The van der Waals surface area contributed by atoms with Crippen molar-refractivity contribution in [1.29, 1.82) is 0 Å². The first kappa shape index (κ1) is 18.4. The van der Waals surface area contributed by atoms with Gasteiger partial charge in [0.15, 0.2) is 0 Å². The number of thioether (sulfide) groups is 1. The number of hydrogen-bond acceptors (Lipinski definition) is 6. The van der Waals surface area contributed by atoms with Crippen LogP contribution in [0.1, 0.15) is 36.7 Å². The fraction of sp³-hybridized carbons (Fsp3) is 0.588. The first-order valence-corrected chi connectivity index (χ1v) is 10.9. The predicted molar refractivity (Wildman–Crippen MR) is 101 cm³/mol. The molecule has 3 heterocycles. The predicted octanol–water partition coefficient (Wildman–Crippen LogP) is 2.21. The zero-order chi connectivity index (χ0) is 17.6. The van der Waals surface area contributed by atoms with E-state index in [-0.39, 0.29) is 5.91 Å². The molecule has 136 valence electrons. The van der Waals surface area contributed by atoms with Gasteiger partial charge in [0, 0.05) is 36.8 Å². The highest BCUT2D eigenvalue weighted by molar-refractivity contribution is 7.98. The Labute approximate surface area is 156 Å². The number of imidazole rings is 1. The summed E-state index contributed by atoms with van der Waals surface area (Å²) in [7, 11) is 0. The summed E-state index contributed by atoms with van der Waals surface area (Å²) in [5.41, 5.74) is 2.90. The van der Waals surface area contributed by atoms with Crippen molar-refractivity contribution in [2.75, 3.05) is 25.1 Å². The van der Waals surface area contributed by atoms with Crippen LogP contribution in [0.3, 0.4) is 0 Å². The second-order valence-corrected chi connectivity index (χ2v) is 7.99. The van der Waals surface area contributed by atoms with Gasteiger partial charge in [-0.25, -0.2) is 9.97 Å². The highest BCUT2D eigenvalue weighted by Crippen LogP contribution is 2.28. The van der Waals surface area contributed by atoms with Crippen LogP contribution in [-0.2, 0) is 11.3 Å². The average molecular weight is 381 g/mol. The van der Waals surface area contributed by atoms with Crippen molar-refractivity contribution in [1.82, 2.24) is 19.4 Å². The maximum Gasteiger partial charge on any atom is 0.251 e. The Balaban J connectivity index is 1.56. The molecule has 6 nitrogen and oxygen atoms in total. The van der Waals surface area contributed by atoms with Gasteiger partial charge in [0.2, 0.25) is 0 Å². The Morgan fingerprint density at radius 1 is 1.44 bits per heavy atom. The summed E-state index contributed by atoms with van der Waals surface area (Å²) in [4.78, 5) is 23.0. The molecule has 2 aromatic heterocycles. The molecular formula is C17H24N4O2S2. The minimum absolute atomic E-state index is 0.127. The number of hydrogen-bond donors (Lipinski definition) is 1. The van der Waals surface area contributed by atoms with Crippen molar-refractivity contribution < 1.29 is 9.90 Å². The van der Waals surface area contributed by atoms with Crippen LogP contribution in [0.2, 0.25) is 0 Å². The largest absolute Gasteiger partial charge is 0.383 e. The second-order valence-electron chi connectivity index (χ2n) is 6.29. The van der Waals surface area contributed by atoms with Crippen LogP contribution in [0.25, 0.3) is 0 Å². The minimum Gasteiger partial charge on any atom is -0.383 e. The Bertz CT molecular complexity index is 666. The molecule has 3 rings (SSSR count). The van der Waals surface area contributed by atoms with E-state index in [2.05, 4.69) is 19.9 Å². The first-order chi connectivity index (χ1) is 12.2. The third kappa shape index (κ3) is 4.62. The molecule has 1 fully saturated rings. The molecule has 1 atom stereocenters. The van der Waals surface area contributed by atoms with E-state index in [1.165, 1.54) is 0 Å². The van der Waals surface area contributed by atoms with Gasteiger partial charge < -0.3 is 14.6 Å². The molecule has 2 aromatic rings. The highest BCUT2D eigenvalue weighted by Gasteiger charge is 2.29. The molecule has 1 saturated heterocycles.